The fourth-order valence-corrected chi connectivity index (χ4v) is 2.71. The molecule has 0 spiro atoms. The molecule has 1 aromatic rings. The predicted molar refractivity (Wildman–Crippen MR) is 66.7 cm³/mol. The Bertz CT molecular complexity index is 460. The molecule has 96 valence electrons. The number of likely N-dealkylation sites (N-methyl/N-ethyl adjacent to an activating group) is 2. The Kier molecular flexibility index (Phi) is 4.92. The van der Waals surface area contributed by atoms with Gasteiger partial charge < -0.3 is 10.1 Å². The average Bonchev–Trinajstić information content (AvgIpc) is 2.35. The summed E-state index contributed by atoms with van der Waals surface area (Å²) in [6.07, 6.45) is 0. The number of methoxy groups -OCH3 is 1. The first-order chi connectivity index (χ1) is 8.04. The van der Waals surface area contributed by atoms with Crippen molar-refractivity contribution in [2.24, 2.45) is 0 Å². The van der Waals surface area contributed by atoms with Gasteiger partial charge in [-0.15, -0.1) is 0 Å². The molecule has 0 fully saturated rings. The van der Waals surface area contributed by atoms with Crippen LogP contribution in [0, 0.1) is 0 Å². The summed E-state index contributed by atoms with van der Waals surface area (Å²) in [5.41, 5.74) is 0. The molecule has 0 saturated carbocycles. The van der Waals surface area contributed by atoms with Gasteiger partial charge in [0, 0.05) is 20.1 Å². The number of nitrogens with one attached hydrogen (secondary N) is 1. The zero-order chi connectivity index (χ0) is 12.9. The van der Waals surface area contributed by atoms with Crippen molar-refractivity contribution < 1.29 is 13.2 Å². The van der Waals surface area contributed by atoms with Gasteiger partial charge in [-0.1, -0.05) is 12.1 Å². The maximum atomic E-state index is 12.2. The zero-order valence-electron chi connectivity index (χ0n) is 10.3. The van der Waals surface area contributed by atoms with Crippen LogP contribution in [0.5, 0.6) is 5.75 Å². The van der Waals surface area contributed by atoms with Crippen LogP contribution < -0.4 is 10.1 Å². The van der Waals surface area contributed by atoms with Crippen LogP contribution in [-0.4, -0.2) is 47.0 Å². The molecular weight excluding hydrogens is 240 g/mol. The van der Waals surface area contributed by atoms with E-state index < -0.39 is 10.0 Å². The highest BCUT2D eigenvalue weighted by Gasteiger charge is 2.23. The fraction of sp³-hybridized carbons (Fsp3) is 0.455. The normalized spacial score (nSPS) is 11.8. The van der Waals surface area contributed by atoms with Gasteiger partial charge in [-0.05, 0) is 19.2 Å². The molecule has 0 radical (unpaired) electrons. The molecule has 0 bridgehead atoms. The topological polar surface area (TPSA) is 58.6 Å². The lowest BCUT2D eigenvalue weighted by Gasteiger charge is -2.18. The Balaban J connectivity index is 3.04. The van der Waals surface area contributed by atoms with Crippen LogP contribution in [0.3, 0.4) is 0 Å². The number of hydrogen-bond donors (Lipinski definition) is 1. The summed E-state index contributed by atoms with van der Waals surface area (Å²) in [7, 11) is 1.31. The number of rotatable bonds is 6. The SMILES string of the molecule is CNCCN(C)S(=O)(=O)c1ccccc1OC. The largest absolute Gasteiger partial charge is 0.495 e. The van der Waals surface area contributed by atoms with Gasteiger partial charge in [0.1, 0.15) is 10.6 Å². The molecule has 17 heavy (non-hydrogen) atoms. The Labute approximate surface area is 102 Å². The summed E-state index contributed by atoms with van der Waals surface area (Å²) in [4.78, 5) is 0.195. The van der Waals surface area contributed by atoms with Crippen molar-refractivity contribution >= 4 is 10.0 Å². The summed E-state index contributed by atoms with van der Waals surface area (Å²) < 4.78 is 30.8. The predicted octanol–water partition coefficient (Wildman–Crippen LogP) is 0.535. The van der Waals surface area contributed by atoms with Gasteiger partial charge >= 0.3 is 0 Å². The molecule has 0 aliphatic rings. The van der Waals surface area contributed by atoms with Crippen molar-refractivity contribution in [1.29, 1.82) is 0 Å². The van der Waals surface area contributed by atoms with Gasteiger partial charge in [-0.2, -0.15) is 4.31 Å². The number of hydrogen-bond acceptors (Lipinski definition) is 4. The Morgan fingerprint density at radius 3 is 2.59 bits per heavy atom. The molecule has 0 aliphatic carbocycles. The van der Waals surface area contributed by atoms with Crippen LogP contribution in [0.25, 0.3) is 0 Å². The lowest BCUT2D eigenvalue weighted by atomic mass is 10.3. The zero-order valence-corrected chi connectivity index (χ0v) is 11.1. The van der Waals surface area contributed by atoms with Crippen LogP contribution in [0.4, 0.5) is 0 Å². The van der Waals surface area contributed by atoms with E-state index in [2.05, 4.69) is 5.32 Å². The van der Waals surface area contributed by atoms with E-state index in [-0.39, 0.29) is 4.90 Å². The maximum Gasteiger partial charge on any atom is 0.246 e. The second-order valence-electron chi connectivity index (χ2n) is 3.58. The molecule has 0 atom stereocenters. The van der Waals surface area contributed by atoms with Crippen molar-refractivity contribution in [2.45, 2.75) is 4.90 Å². The lowest BCUT2D eigenvalue weighted by molar-refractivity contribution is 0.398. The van der Waals surface area contributed by atoms with E-state index in [9.17, 15) is 8.42 Å². The Morgan fingerprint density at radius 2 is 2.00 bits per heavy atom. The second kappa shape index (κ2) is 6.00. The van der Waals surface area contributed by atoms with Gasteiger partial charge in [-0.3, -0.25) is 0 Å². The number of benzene rings is 1. The number of para-hydroxylation sites is 1. The highest BCUT2D eigenvalue weighted by molar-refractivity contribution is 7.89. The summed E-state index contributed by atoms with van der Waals surface area (Å²) in [5, 5.41) is 2.91. The van der Waals surface area contributed by atoms with Gasteiger partial charge in [0.25, 0.3) is 0 Å². The van der Waals surface area contributed by atoms with E-state index in [1.807, 2.05) is 0 Å². The molecule has 5 nitrogen and oxygen atoms in total. The maximum absolute atomic E-state index is 12.2. The lowest BCUT2D eigenvalue weighted by Crippen LogP contribution is -2.33. The standard InChI is InChI=1S/C11H18N2O3S/c1-12-8-9-13(2)17(14,15)11-7-5-4-6-10(11)16-3/h4-7,12H,8-9H2,1-3H3. The smallest absolute Gasteiger partial charge is 0.246 e. The number of ether oxygens (including phenoxy) is 1. The third-order valence-electron chi connectivity index (χ3n) is 2.43. The monoisotopic (exact) mass is 258 g/mol. The van der Waals surface area contributed by atoms with Gasteiger partial charge in [0.15, 0.2) is 0 Å². The highest BCUT2D eigenvalue weighted by Crippen LogP contribution is 2.25. The van der Waals surface area contributed by atoms with Gasteiger partial charge in [-0.25, -0.2) is 8.42 Å². The van der Waals surface area contributed by atoms with E-state index in [4.69, 9.17) is 4.74 Å². The third-order valence-corrected chi connectivity index (χ3v) is 4.33. The minimum atomic E-state index is -3.49. The second-order valence-corrected chi connectivity index (χ2v) is 5.59. The quantitative estimate of drug-likeness (QED) is 0.809. The van der Waals surface area contributed by atoms with Crippen LogP contribution in [0.1, 0.15) is 0 Å². The summed E-state index contributed by atoms with van der Waals surface area (Å²) in [5.74, 6) is 0.365. The molecule has 1 N–H and O–H groups in total. The van der Waals surface area contributed by atoms with E-state index in [0.717, 1.165) is 0 Å². The van der Waals surface area contributed by atoms with Crippen molar-refractivity contribution in [3.05, 3.63) is 24.3 Å². The highest BCUT2D eigenvalue weighted by atomic mass is 32.2. The molecular formula is C11H18N2O3S. The van der Waals surface area contributed by atoms with Crippen molar-refractivity contribution in [3.63, 3.8) is 0 Å². The van der Waals surface area contributed by atoms with E-state index in [1.165, 1.54) is 11.4 Å². The van der Waals surface area contributed by atoms with Crippen molar-refractivity contribution in [3.8, 4) is 5.75 Å². The number of sulfonamides is 1. The molecule has 0 aromatic heterocycles. The first kappa shape index (κ1) is 14.0. The van der Waals surface area contributed by atoms with Crippen LogP contribution in [0.2, 0.25) is 0 Å². The van der Waals surface area contributed by atoms with E-state index >= 15 is 0 Å². The first-order valence-electron chi connectivity index (χ1n) is 5.28. The van der Waals surface area contributed by atoms with Gasteiger partial charge in [0.2, 0.25) is 10.0 Å². The van der Waals surface area contributed by atoms with Crippen LogP contribution >= 0.6 is 0 Å². The Hall–Kier alpha value is -1.11. The molecule has 1 rings (SSSR count). The number of nitrogens with zero attached hydrogens (tertiary/aromatic N) is 1. The summed E-state index contributed by atoms with van der Waals surface area (Å²) in [6.45, 7) is 1.02. The van der Waals surface area contributed by atoms with Crippen LogP contribution in [-0.2, 0) is 10.0 Å². The van der Waals surface area contributed by atoms with Crippen LogP contribution in [0.15, 0.2) is 29.2 Å². The summed E-state index contributed by atoms with van der Waals surface area (Å²) in [6, 6.07) is 6.61. The summed E-state index contributed by atoms with van der Waals surface area (Å²) >= 11 is 0. The minimum absolute atomic E-state index is 0.195. The van der Waals surface area contributed by atoms with Crippen molar-refractivity contribution in [1.82, 2.24) is 9.62 Å². The molecule has 6 heteroatoms. The molecule has 0 aliphatic heterocycles. The average molecular weight is 258 g/mol. The molecule has 0 saturated heterocycles. The first-order valence-corrected chi connectivity index (χ1v) is 6.72. The Morgan fingerprint density at radius 1 is 1.35 bits per heavy atom. The molecule has 0 unspecified atom stereocenters. The molecule has 0 heterocycles. The third kappa shape index (κ3) is 3.18. The molecule has 0 amide bonds. The van der Waals surface area contributed by atoms with E-state index in [1.54, 1.807) is 38.4 Å². The fourth-order valence-electron chi connectivity index (χ4n) is 1.39. The van der Waals surface area contributed by atoms with E-state index in [0.29, 0.717) is 18.8 Å². The minimum Gasteiger partial charge on any atom is -0.495 e. The molecule has 1 aromatic carbocycles. The van der Waals surface area contributed by atoms with Crippen molar-refractivity contribution in [2.75, 3.05) is 34.3 Å². The van der Waals surface area contributed by atoms with Gasteiger partial charge in [0.05, 0.1) is 7.11 Å².